The number of halogens is 1. The van der Waals surface area contributed by atoms with Gasteiger partial charge in [-0.25, -0.2) is 14.4 Å². The van der Waals surface area contributed by atoms with Gasteiger partial charge in [-0.1, -0.05) is 12.5 Å². The Morgan fingerprint density at radius 3 is 2.70 bits per heavy atom. The summed E-state index contributed by atoms with van der Waals surface area (Å²) >= 11 is 0. The zero-order chi connectivity index (χ0) is 26.4. The number of hydrogen-bond acceptors (Lipinski definition) is 9. The zero-order valence-corrected chi connectivity index (χ0v) is 20.9. The van der Waals surface area contributed by atoms with Gasteiger partial charge in [-0.15, -0.1) is 11.7 Å². The summed E-state index contributed by atoms with van der Waals surface area (Å²) in [7, 11) is 0. The largest absolute Gasteiger partial charge is 0.346 e. The van der Waals surface area contributed by atoms with E-state index in [1.165, 1.54) is 19.4 Å². The number of nitrogens with zero attached hydrogens (tertiary/aromatic N) is 9. The molecule has 11 heteroatoms. The van der Waals surface area contributed by atoms with Gasteiger partial charge in [0.15, 0.2) is 11.2 Å². The number of amides is 1. The molecule has 0 bridgehead atoms. The topological polar surface area (TPSA) is 126 Å². The van der Waals surface area contributed by atoms with Crippen LogP contribution in [0.15, 0.2) is 31.2 Å². The molecule has 4 heterocycles. The fraction of sp³-hybridized carbons (Fsp3) is 0.500. The molecule has 37 heavy (non-hydrogen) atoms. The molecule has 0 N–H and O–H groups in total. The predicted molar refractivity (Wildman–Crippen MR) is 134 cm³/mol. The van der Waals surface area contributed by atoms with E-state index in [1.54, 1.807) is 17.0 Å². The lowest BCUT2D eigenvalue weighted by Gasteiger charge is -2.48. The molecular formula is C26H28FN9O. The highest BCUT2D eigenvalue weighted by molar-refractivity contribution is 5.86. The number of rotatable bonds is 5. The highest BCUT2D eigenvalue weighted by atomic mass is 19.1. The smallest absolute Gasteiger partial charge is 0.245 e. The Hall–Kier alpha value is -4.12. The number of fused-ring (bicyclic) bond motifs is 2. The lowest BCUT2D eigenvalue weighted by atomic mass is 9.66. The molecule has 2 aromatic rings. The van der Waals surface area contributed by atoms with Crippen LogP contribution in [0.2, 0.25) is 0 Å². The summed E-state index contributed by atoms with van der Waals surface area (Å²) in [4.78, 5) is 28.3. The van der Waals surface area contributed by atoms with Crippen molar-refractivity contribution in [1.29, 1.82) is 10.5 Å². The minimum absolute atomic E-state index is 0.147. The summed E-state index contributed by atoms with van der Waals surface area (Å²) in [5.41, 5.74) is -0.399. The van der Waals surface area contributed by atoms with Gasteiger partial charge in [-0.3, -0.25) is 4.79 Å². The Morgan fingerprint density at radius 1 is 1.32 bits per heavy atom. The predicted octanol–water partition coefficient (Wildman–Crippen LogP) is 2.80. The first-order valence-corrected chi connectivity index (χ1v) is 12.3. The molecule has 1 aliphatic carbocycles. The molecule has 2 fully saturated rings. The van der Waals surface area contributed by atoms with Gasteiger partial charge in [0.2, 0.25) is 5.91 Å². The first kappa shape index (κ1) is 24.6. The van der Waals surface area contributed by atoms with Crippen LogP contribution in [-0.4, -0.2) is 69.4 Å². The molecular weight excluding hydrogens is 473 g/mol. The summed E-state index contributed by atoms with van der Waals surface area (Å²) in [6, 6.07) is 5.12. The van der Waals surface area contributed by atoms with E-state index in [2.05, 4.69) is 32.7 Å². The van der Waals surface area contributed by atoms with E-state index in [1.807, 2.05) is 17.9 Å². The van der Waals surface area contributed by atoms with Gasteiger partial charge < -0.3 is 14.7 Å². The van der Waals surface area contributed by atoms with Crippen LogP contribution in [0.1, 0.15) is 44.2 Å². The van der Waals surface area contributed by atoms with Crippen LogP contribution in [0.25, 0.3) is 0 Å². The summed E-state index contributed by atoms with van der Waals surface area (Å²) in [5.74, 6) is 1.59. The molecule has 1 saturated carbocycles. The average molecular weight is 502 g/mol. The summed E-state index contributed by atoms with van der Waals surface area (Å²) in [5, 5.41) is 27.1. The van der Waals surface area contributed by atoms with E-state index in [0.29, 0.717) is 24.5 Å². The molecule has 2 aromatic heterocycles. The van der Waals surface area contributed by atoms with E-state index in [-0.39, 0.29) is 24.0 Å². The molecule has 0 aromatic carbocycles. The number of aromatic nitrogens is 4. The number of carbonyl (C=O) groups excluding carboxylic acids is 1. The highest BCUT2D eigenvalue weighted by Gasteiger charge is 2.52. The molecule has 3 aliphatic rings. The summed E-state index contributed by atoms with van der Waals surface area (Å²) in [6.07, 6.45) is 7.77. The van der Waals surface area contributed by atoms with Crippen LogP contribution >= 0.6 is 0 Å². The molecule has 1 spiro atoms. The number of piperazine rings is 1. The Bertz CT molecular complexity index is 1330. The van der Waals surface area contributed by atoms with Crippen molar-refractivity contribution < 1.29 is 9.18 Å². The van der Waals surface area contributed by atoms with Crippen LogP contribution in [0, 0.1) is 28.1 Å². The Balaban J connectivity index is 1.53. The number of hydrogen-bond donors (Lipinski definition) is 0. The normalized spacial score (nSPS) is 23.4. The molecule has 190 valence electrons. The van der Waals surface area contributed by atoms with E-state index in [0.717, 1.165) is 36.5 Å². The van der Waals surface area contributed by atoms with E-state index < -0.39 is 18.0 Å². The van der Waals surface area contributed by atoms with Crippen molar-refractivity contribution in [2.75, 3.05) is 36.1 Å². The quantitative estimate of drug-likeness (QED) is 0.568. The lowest BCUT2D eigenvalue weighted by Crippen LogP contribution is -2.61. The Kier molecular flexibility index (Phi) is 6.03. The van der Waals surface area contributed by atoms with Gasteiger partial charge >= 0.3 is 0 Å². The monoisotopic (exact) mass is 501 g/mol. The van der Waals surface area contributed by atoms with E-state index >= 15 is 0 Å². The second kappa shape index (κ2) is 9.07. The lowest BCUT2D eigenvalue weighted by molar-refractivity contribution is -0.142. The average Bonchev–Trinajstić information content (AvgIpc) is 3.28. The van der Waals surface area contributed by atoms with Crippen LogP contribution in [0.3, 0.4) is 0 Å². The van der Waals surface area contributed by atoms with Crippen molar-refractivity contribution in [2.45, 2.75) is 50.6 Å². The minimum Gasteiger partial charge on any atom is -0.346 e. The second-order valence-corrected chi connectivity index (χ2v) is 10.4. The zero-order valence-electron chi connectivity index (χ0n) is 20.9. The Labute approximate surface area is 215 Å². The number of anilines is 3. The maximum atomic E-state index is 13.7. The maximum absolute atomic E-state index is 13.7. The molecule has 2 aliphatic heterocycles. The highest BCUT2D eigenvalue weighted by Crippen LogP contribution is 2.56. The third-order valence-corrected chi connectivity index (χ3v) is 7.98. The van der Waals surface area contributed by atoms with Crippen LogP contribution in [-0.2, 0) is 10.2 Å². The van der Waals surface area contributed by atoms with Crippen molar-refractivity contribution in [3.05, 3.63) is 42.4 Å². The molecule has 1 amide bonds. The fourth-order valence-corrected chi connectivity index (χ4v) is 5.65. The second-order valence-electron chi connectivity index (χ2n) is 10.4. The van der Waals surface area contributed by atoms with Crippen LogP contribution in [0.4, 0.5) is 21.8 Å². The molecule has 1 unspecified atom stereocenters. The van der Waals surface area contributed by atoms with Gasteiger partial charge in [0.1, 0.15) is 30.7 Å². The van der Waals surface area contributed by atoms with Crippen LogP contribution in [0.5, 0.6) is 0 Å². The summed E-state index contributed by atoms with van der Waals surface area (Å²) < 4.78 is 13.7. The molecule has 10 nitrogen and oxygen atoms in total. The molecule has 5 rings (SSSR count). The van der Waals surface area contributed by atoms with E-state index in [4.69, 9.17) is 4.98 Å². The maximum Gasteiger partial charge on any atom is 0.245 e. The number of alkyl halides is 1. The molecule has 3 atom stereocenters. The first-order chi connectivity index (χ1) is 17.8. The van der Waals surface area contributed by atoms with Crippen LogP contribution < -0.4 is 9.80 Å². The van der Waals surface area contributed by atoms with Crippen molar-refractivity contribution in [2.24, 2.45) is 5.41 Å². The van der Waals surface area contributed by atoms with Crippen molar-refractivity contribution in [1.82, 2.24) is 25.1 Å². The van der Waals surface area contributed by atoms with Gasteiger partial charge in [0, 0.05) is 42.7 Å². The third kappa shape index (κ3) is 3.77. The standard InChI is InChI=1S/C26H28FN9O/c1-4-19-12-34(24(37)25(3,13-27)14-29)17(2)11-35(19)22-21-23(31-16-30-22)36(15-26(21)6-5-7-26)20-8-18(9-28)10-32-33-20/h4,8,10,16-17,19H,1,5-7,11-13,15H2,2-3H3/t17-,19+,25?/m1/s1. The van der Waals surface area contributed by atoms with Gasteiger partial charge in [-0.05, 0) is 26.7 Å². The fourth-order valence-electron chi connectivity index (χ4n) is 5.65. The van der Waals surface area contributed by atoms with E-state index in [9.17, 15) is 19.7 Å². The Morgan fingerprint density at radius 2 is 2.08 bits per heavy atom. The number of nitriles is 2. The van der Waals surface area contributed by atoms with Crippen molar-refractivity contribution in [3.63, 3.8) is 0 Å². The third-order valence-electron chi connectivity index (χ3n) is 7.98. The molecule has 1 saturated heterocycles. The van der Waals surface area contributed by atoms with Gasteiger partial charge in [-0.2, -0.15) is 15.6 Å². The van der Waals surface area contributed by atoms with Crippen molar-refractivity contribution in [3.8, 4) is 12.1 Å². The first-order valence-electron chi connectivity index (χ1n) is 12.3. The van der Waals surface area contributed by atoms with Gasteiger partial charge in [0.05, 0.1) is 23.9 Å². The number of carbonyl (C=O) groups is 1. The SMILES string of the molecule is C=C[C@H]1CN(C(=O)C(C)(C#N)CF)[C@H](C)CN1c1ncnc2c1C1(CCC1)CN2c1cc(C#N)cnn1. The minimum atomic E-state index is -1.71. The molecule has 0 radical (unpaired) electrons. The summed E-state index contributed by atoms with van der Waals surface area (Å²) in [6.45, 7) is 7.59. The van der Waals surface area contributed by atoms with Crippen molar-refractivity contribution >= 4 is 23.4 Å². The van der Waals surface area contributed by atoms with Gasteiger partial charge in [0.25, 0.3) is 0 Å².